The molecule has 2 aromatic rings. The summed E-state index contributed by atoms with van der Waals surface area (Å²) >= 11 is 1.69. The summed E-state index contributed by atoms with van der Waals surface area (Å²) in [6, 6.07) is 7.92. The van der Waals surface area contributed by atoms with E-state index in [1.165, 1.54) is 4.90 Å². The molecule has 0 unspecified atom stereocenters. The zero-order valence-corrected chi connectivity index (χ0v) is 9.53. The predicted octanol–water partition coefficient (Wildman–Crippen LogP) is 1.85. The van der Waals surface area contributed by atoms with Gasteiger partial charge in [0.25, 0.3) is 5.89 Å². The molecule has 0 radical (unpaired) electrons. The Morgan fingerprint density at radius 1 is 1.38 bits per heavy atom. The SMILES string of the molecule is CSc1ccc(-c2noc(CON)n2)cc1. The molecule has 0 aliphatic carbocycles. The summed E-state index contributed by atoms with van der Waals surface area (Å²) < 4.78 is 4.94. The average Bonchev–Trinajstić information content (AvgIpc) is 2.78. The molecule has 2 rings (SSSR count). The van der Waals surface area contributed by atoms with Gasteiger partial charge in [-0.25, -0.2) is 5.90 Å². The summed E-state index contributed by atoms with van der Waals surface area (Å²) in [7, 11) is 0. The molecule has 0 bridgehead atoms. The fourth-order valence-corrected chi connectivity index (χ4v) is 1.65. The molecule has 1 heterocycles. The number of aromatic nitrogens is 2. The van der Waals surface area contributed by atoms with E-state index in [0.29, 0.717) is 11.7 Å². The van der Waals surface area contributed by atoms with Crippen molar-refractivity contribution in [2.24, 2.45) is 5.90 Å². The lowest BCUT2D eigenvalue weighted by Gasteiger charge is -1.96. The van der Waals surface area contributed by atoms with Gasteiger partial charge in [-0.2, -0.15) is 4.98 Å². The zero-order valence-electron chi connectivity index (χ0n) is 8.71. The summed E-state index contributed by atoms with van der Waals surface area (Å²) in [6.07, 6.45) is 2.03. The summed E-state index contributed by atoms with van der Waals surface area (Å²) in [4.78, 5) is 9.74. The van der Waals surface area contributed by atoms with Crippen molar-refractivity contribution in [1.29, 1.82) is 0 Å². The maximum absolute atomic E-state index is 4.94. The van der Waals surface area contributed by atoms with Crippen LogP contribution in [0.1, 0.15) is 5.89 Å². The van der Waals surface area contributed by atoms with Crippen LogP contribution in [-0.2, 0) is 11.4 Å². The molecule has 0 aliphatic heterocycles. The molecule has 0 saturated heterocycles. The minimum atomic E-state index is 0.121. The number of nitrogens with two attached hydrogens (primary N) is 1. The summed E-state index contributed by atoms with van der Waals surface area (Å²) in [5.74, 6) is 5.82. The van der Waals surface area contributed by atoms with Crippen molar-refractivity contribution < 1.29 is 9.36 Å². The van der Waals surface area contributed by atoms with Crippen LogP contribution in [0.25, 0.3) is 11.4 Å². The van der Waals surface area contributed by atoms with Crippen LogP contribution in [0.5, 0.6) is 0 Å². The van der Waals surface area contributed by atoms with Crippen molar-refractivity contribution >= 4 is 11.8 Å². The minimum absolute atomic E-state index is 0.121. The van der Waals surface area contributed by atoms with Crippen LogP contribution in [0.15, 0.2) is 33.7 Å². The number of benzene rings is 1. The highest BCUT2D eigenvalue weighted by Gasteiger charge is 2.07. The Bertz CT molecular complexity index is 455. The second-order valence-corrected chi connectivity index (χ2v) is 3.93. The highest BCUT2D eigenvalue weighted by Crippen LogP contribution is 2.20. The van der Waals surface area contributed by atoms with Crippen molar-refractivity contribution in [1.82, 2.24) is 10.1 Å². The average molecular weight is 237 g/mol. The number of thioether (sulfide) groups is 1. The van der Waals surface area contributed by atoms with Crippen molar-refractivity contribution in [3.05, 3.63) is 30.2 Å². The number of hydrogen-bond donors (Lipinski definition) is 1. The van der Waals surface area contributed by atoms with Crippen LogP contribution < -0.4 is 5.90 Å². The number of rotatable bonds is 4. The molecule has 5 nitrogen and oxygen atoms in total. The van der Waals surface area contributed by atoms with Crippen LogP contribution >= 0.6 is 11.8 Å². The molecule has 0 amide bonds. The van der Waals surface area contributed by atoms with E-state index < -0.39 is 0 Å². The first-order valence-corrected chi connectivity index (χ1v) is 5.84. The lowest BCUT2D eigenvalue weighted by molar-refractivity contribution is 0.0996. The summed E-state index contributed by atoms with van der Waals surface area (Å²) in [6.45, 7) is 0.121. The van der Waals surface area contributed by atoms with Crippen LogP contribution in [0, 0.1) is 0 Å². The van der Waals surface area contributed by atoms with Gasteiger partial charge in [0, 0.05) is 10.5 Å². The highest BCUT2D eigenvalue weighted by atomic mass is 32.2. The third-order valence-corrected chi connectivity index (χ3v) is 2.77. The number of hydrogen-bond acceptors (Lipinski definition) is 6. The van der Waals surface area contributed by atoms with Gasteiger partial charge in [-0.3, -0.25) is 4.84 Å². The third-order valence-electron chi connectivity index (χ3n) is 2.02. The van der Waals surface area contributed by atoms with Crippen molar-refractivity contribution in [2.45, 2.75) is 11.5 Å². The van der Waals surface area contributed by atoms with Gasteiger partial charge in [0.15, 0.2) is 0 Å². The van der Waals surface area contributed by atoms with E-state index in [1.54, 1.807) is 11.8 Å². The Morgan fingerprint density at radius 3 is 2.75 bits per heavy atom. The summed E-state index contributed by atoms with van der Waals surface area (Å²) in [5, 5.41) is 3.83. The van der Waals surface area contributed by atoms with E-state index in [-0.39, 0.29) is 6.61 Å². The Kier molecular flexibility index (Phi) is 3.55. The van der Waals surface area contributed by atoms with Crippen LogP contribution in [0.3, 0.4) is 0 Å². The van der Waals surface area contributed by atoms with E-state index >= 15 is 0 Å². The second kappa shape index (κ2) is 5.11. The zero-order chi connectivity index (χ0) is 11.4. The van der Waals surface area contributed by atoms with Crippen molar-refractivity contribution in [3.8, 4) is 11.4 Å². The highest BCUT2D eigenvalue weighted by molar-refractivity contribution is 7.98. The molecule has 1 aromatic carbocycles. The first-order valence-electron chi connectivity index (χ1n) is 4.62. The minimum Gasteiger partial charge on any atom is -0.336 e. The van der Waals surface area contributed by atoms with E-state index in [4.69, 9.17) is 10.4 Å². The molecule has 1 aromatic heterocycles. The fraction of sp³-hybridized carbons (Fsp3) is 0.200. The van der Waals surface area contributed by atoms with Gasteiger partial charge in [0.2, 0.25) is 5.82 Å². The molecule has 0 aliphatic rings. The normalized spacial score (nSPS) is 10.6. The number of nitrogens with zero attached hydrogens (tertiary/aromatic N) is 2. The Labute approximate surface area is 96.9 Å². The van der Waals surface area contributed by atoms with Crippen LogP contribution in [0.2, 0.25) is 0 Å². The molecule has 0 atom stereocenters. The van der Waals surface area contributed by atoms with Crippen LogP contribution in [-0.4, -0.2) is 16.4 Å². The van der Waals surface area contributed by atoms with Gasteiger partial charge in [-0.15, -0.1) is 11.8 Å². The van der Waals surface area contributed by atoms with Gasteiger partial charge in [0.1, 0.15) is 6.61 Å². The summed E-state index contributed by atoms with van der Waals surface area (Å²) in [5.41, 5.74) is 0.907. The standard InChI is InChI=1S/C10H11N3O2S/c1-16-8-4-2-7(3-5-8)10-12-9(6-14-11)15-13-10/h2-5H,6,11H2,1H3. The quantitative estimate of drug-likeness (QED) is 0.646. The molecule has 0 saturated carbocycles. The third kappa shape index (κ3) is 2.41. The van der Waals surface area contributed by atoms with Crippen LogP contribution in [0.4, 0.5) is 0 Å². The maximum Gasteiger partial charge on any atom is 0.255 e. The molecule has 0 spiro atoms. The first-order chi connectivity index (χ1) is 7.83. The van der Waals surface area contributed by atoms with Gasteiger partial charge < -0.3 is 4.52 Å². The molecule has 84 valence electrons. The molecular weight excluding hydrogens is 226 g/mol. The van der Waals surface area contributed by atoms with Gasteiger partial charge in [-0.1, -0.05) is 5.16 Å². The van der Waals surface area contributed by atoms with E-state index in [2.05, 4.69) is 15.0 Å². The van der Waals surface area contributed by atoms with Gasteiger partial charge in [-0.05, 0) is 30.5 Å². The van der Waals surface area contributed by atoms with E-state index in [1.807, 2.05) is 30.5 Å². The Balaban J connectivity index is 2.21. The van der Waals surface area contributed by atoms with Gasteiger partial charge >= 0.3 is 0 Å². The monoisotopic (exact) mass is 237 g/mol. The van der Waals surface area contributed by atoms with Crippen molar-refractivity contribution in [3.63, 3.8) is 0 Å². The largest absolute Gasteiger partial charge is 0.336 e. The molecule has 16 heavy (non-hydrogen) atoms. The van der Waals surface area contributed by atoms with Gasteiger partial charge in [0.05, 0.1) is 0 Å². The van der Waals surface area contributed by atoms with Crippen molar-refractivity contribution in [2.75, 3.05) is 6.26 Å². The second-order valence-electron chi connectivity index (χ2n) is 3.05. The smallest absolute Gasteiger partial charge is 0.255 e. The Morgan fingerprint density at radius 2 is 2.12 bits per heavy atom. The molecule has 6 heteroatoms. The van der Waals surface area contributed by atoms with E-state index in [9.17, 15) is 0 Å². The lowest BCUT2D eigenvalue weighted by atomic mass is 10.2. The maximum atomic E-state index is 4.94. The Hall–Kier alpha value is -1.37. The predicted molar refractivity (Wildman–Crippen MR) is 60.5 cm³/mol. The fourth-order valence-electron chi connectivity index (χ4n) is 1.24. The van der Waals surface area contributed by atoms with E-state index in [0.717, 1.165) is 5.56 Å². The molecule has 0 fully saturated rings. The first kappa shape index (κ1) is 11.1. The lowest BCUT2D eigenvalue weighted by Crippen LogP contribution is -1.98. The topological polar surface area (TPSA) is 74.2 Å². The molecular formula is C10H11N3O2S. The molecule has 2 N–H and O–H groups in total.